The van der Waals surface area contributed by atoms with E-state index in [2.05, 4.69) is 30.6 Å². The summed E-state index contributed by atoms with van der Waals surface area (Å²) < 4.78 is 46.5. The normalized spacial score (nSPS) is 21.2. The number of carbonyl (C=O) groups excluding carboxylic acids is 5. The number of imide groups is 2. The maximum Gasteiger partial charge on any atom is 0.417 e. The molecule has 60 heavy (non-hydrogen) atoms. The quantitative estimate of drug-likeness (QED) is 0.291. The van der Waals surface area contributed by atoms with Crippen molar-refractivity contribution in [3.05, 3.63) is 70.8 Å². The van der Waals surface area contributed by atoms with Gasteiger partial charge in [-0.2, -0.15) is 18.4 Å². The van der Waals surface area contributed by atoms with E-state index in [9.17, 15) is 37.1 Å². The zero-order chi connectivity index (χ0) is 42.1. The van der Waals surface area contributed by atoms with Gasteiger partial charge in [0.15, 0.2) is 5.82 Å². The van der Waals surface area contributed by atoms with E-state index in [1.54, 1.807) is 35.2 Å². The predicted octanol–water partition coefficient (Wildman–Crippen LogP) is 4.38. The third kappa shape index (κ3) is 8.62. The second-order valence-electron chi connectivity index (χ2n) is 16.1. The smallest absolute Gasteiger partial charge is 0.417 e. The SMILES string of the molecule is N#Cc1ccc(N2CCC(C(=O)Nc3ccc(OC4CCN(CC5CCN(c6ccc7c(c6)C(=O)N(C6CCC(=O)NC6=O)C7=O)CC5)CC4)nn3)CC2)cc1C(F)(F)F. The van der Waals surface area contributed by atoms with Crippen molar-refractivity contribution in [3.8, 4) is 11.9 Å². The van der Waals surface area contributed by atoms with Crippen molar-refractivity contribution in [1.82, 2.24) is 25.3 Å². The van der Waals surface area contributed by atoms with Crippen molar-refractivity contribution in [1.29, 1.82) is 5.26 Å². The van der Waals surface area contributed by atoms with E-state index >= 15 is 0 Å². The molecule has 1 atom stereocenters. The summed E-state index contributed by atoms with van der Waals surface area (Å²) in [6.07, 6.45) is 0.0295. The highest BCUT2D eigenvalue weighted by Gasteiger charge is 2.45. The molecule has 0 radical (unpaired) electrons. The van der Waals surface area contributed by atoms with Gasteiger partial charge in [0.25, 0.3) is 11.8 Å². The topological polar surface area (TPSA) is 181 Å². The number of piperidine rings is 4. The Morgan fingerprint density at radius 3 is 2.13 bits per heavy atom. The molecule has 18 heteroatoms. The van der Waals surface area contributed by atoms with E-state index in [1.165, 1.54) is 12.1 Å². The minimum atomic E-state index is -4.64. The first-order chi connectivity index (χ1) is 28.8. The minimum Gasteiger partial charge on any atom is -0.473 e. The Labute approximate surface area is 343 Å². The van der Waals surface area contributed by atoms with Crippen LogP contribution >= 0.6 is 0 Å². The summed E-state index contributed by atoms with van der Waals surface area (Å²) in [4.78, 5) is 70.9. The number of nitriles is 1. The van der Waals surface area contributed by atoms with Crippen molar-refractivity contribution >= 4 is 46.7 Å². The number of alkyl halides is 3. The Hall–Kier alpha value is -6.09. The number of halogens is 3. The predicted molar refractivity (Wildman–Crippen MR) is 210 cm³/mol. The fraction of sp³-hybridized carbons (Fsp3) is 0.476. The molecule has 4 saturated heterocycles. The molecule has 1 aromatic heterocycles. The molecule has 6 heterocycles. The number of amides is 5. The van der Waals surface area contributed by atoms with Gasteiger partial charge >= 0.3 is 6.18 Å². The highest BCUT2D eigenvalue weighted by molar-refractivity contribution is 6.23. The van der Waals surface area contributed by atoms with Crippen LogP contribution in [-0.2, 0) is 20.6 Å². The lowest BCUT2D eigenvalue weighted by Crippen LogP contribution is -2.54. The molecule has 3 aromatic rings. The monoisotopic (exact) mass is 827 g/mol. The van der Waals surface area contributed by atoms with E-state index in [-0.39, 0.29) is 47.7 Å². The van der Waals surface area contributed by atoms with Crippen LogP contribution in [0.25, 0.3) is 0 Å². The summed E-state index contributed by atoms with van der Waals surface area (Å²) >= 11 is 0. The van der Waals surface area contributed by atoms with Gasteiger partial charge in [-0.15, -0.1) is 10.2 Å². The molecule has 2 aromatic carbocycles. The number of benzene rings is 2. The first kappa shape index (κ1) is 40.7. The molecular formula is C42H44F3N9O6. The molecule has 0 aliphatic carbocycles. The van der Waals surface area contributed by atoms with Crippen LogP contribution in [0.15, 0.2) is 48.5 Å². The molecule has 15 nitrogen and oxygen atoms in total. The number of hydrogen-bond donors (Lipinski definition) is 2. The van der Waals surface area contributed by atoms with E-state index in [4.69, 9.17) is 10.00 Å². The van der Waals surface area contributed by atoms with Crippen molar-refractivity contribution < 1.29 is 41.9 Å². The highest BCUT2D eigenvalue weighted by Crippen LogP contribution is 2.36. The Kier molecular flexibility index (Phi) is 11.4. The fourth-order valence-corrected chi connectivity index (χ4v) is 8.91. The lowest BCUT2D eigenvalue weighted by atomic mass is 9.94. The number of anilines is 3. The molecule has 1 unspecified atom stereocenters. The van der Waals surface area contributed by atoms with Crippen LogP contribution in [-0.4, -0.2) is 107 Å². The maximum absolute atomic E-state index is 13.5. The number of ether oxygens (including phenoxy) is 1. The van der Waals surface area contributed by atoms with Crippen molar-refractivity contribution in [2.45, 2.75) is 69.7 Å². The number of nitrogens with zero attached hydrogens (tertiary/aromatic N) is 7. The van der Waals surface area contributed by atoms with E-state index < -0.39 is 47.0 Å². The van der Waals surface area contributed by atoms with Crippen LogP contribution in [0, 0.1) is 23.2 Å². The standard InChI is InChI=1S/C42H44F3N9O6/c43-42(44,45)33-22-29(2-1-27(33)23-46)53-19-11-26(12-20-53)38(56)47-35-6-8-37(50-49-35)60-30-13-15-51(16-14-30)24-25-9-17-52(18-10-25)28-3-4-31-32(21-28)41(59)54(40(31)58)34-5-7-36(55)48-39(34)57/h1-4,6,8,21-22,25-26,30,34H,5,7,9-20,24H2,(H,47,49,56)(H,48,55,57). The number of aromatic nitrogens is 2. The Morgan fingerprint density at radius 1 is 0.817 bits per heavy atom. The summed E-state index contributed by atoms with van der Waals surface area (Å²) in [6, 6.07) is 12.9. The van der Waals surface area contributed by atoms with Gasteiger partial charge in [0.05, 0.1) is 28.3 Å². The van der Waals surface area contributed by atoms with Gasteiger partial charge in [0.1, 0.15) is 12.1 Å². The van der Waals surface area contributed by atoms with E-state index in [0.29, 0.717) is 43.4 Å². The van der Waals surface area contributed by atoms with Gasteiger partial charge in [0, 0.05) is 75.6 Å². The molecule has 5 aliphatic rings. The Bertz CT molecular complexity index is 2210. The average Bonchev–Trinajstić information content (AvgIpc) is 3.49. The van der Waals surface area contributed by atoms with Crippen molar-refractivity contribution in [2.24, 2.45) is 11.8 Å². The van der Waals surface area contributed by atoms with Gasteiger partial charge in [0.2, 0.25) is 23.6 Å². The molecular weight excluding hydrogens is 784 g/mol. The molecule has 4 fully saturated rings. The zero-order valence-electron chi connectivity index (χ0n) is 32.7. The van der Waals surface area contributed by atoms with Gasteiger partial charge in [-0.05, 0) is 93.3 Å². The summed E-state index contributed by atoms with van der Waals surface area (Å²) in [6.45, 7) is 5.13. The van der Waals surface area contributed by atoms with E-state index in [0.717, 1.165) is 75.1 Å². The van der Waals surface area contributed by atoms with Crippen LogP contribution in [0.4, 0.5) is 30.4 Å². The molecule has 5 amide bonds. The first-order valence-electron chi connectivity index (χ1n) is 20.3. The molecule has 0 spiro atoms. The van der Waals surface area contributed by atoms with E-state index in [1.807, 2.05) is 6.07 Å². The van der Waals surface area contributed by atoms with Gasteiger partial charge in [-0.1, -0.05) is 0 Å². The first-order valence-corrected chi connectivity index (χ1v) is 20.3. The number of nitrogens with one attached hydrogen (secondary N) is 2. The molecule has 8 rings (SSSR count). The van der Waals surface area contributed by atoms with Crippen LogP contribution in [0.2, 0.25) is 0 Å². The number of rotatable bonds is 9. The lowest BCUT2D eigenvalue weighted by Gasteiger charge is -2.38. The lowest BCUT2D eigenvalue weighted by molar-refractivity contribution is -0.138. The molecule has 314 valence electrons. The van der Waals surface area contributed by atoms with Gasteiger partial charge in [-0.3, -0.25) is 34.2 Å². The maximum atomic E-state index is 13.5. The van der Waals surface area contributed by atoms with Crippen molar-refractivity contribution in [2.75, 3.05) is 60.9 Å². The minimum absolute atomic E-state index is 0.0216. The summed E-state index contributed by atoms with van der Waals surface area (Å²) in [5, 5.41) is 22.4. The summed E-state index contributed by atoms with van der Waals surface area (Å²) in [5.41, 5.74) is 0.395. The number of carbonyl (C=O) groups is 5. The van der Waals surface area contributed by atoms with Crippen LogP contribution < -0.4 is 25.2 Å². The van der Waals surface area contributed by atoms with Crippen LogP contribution in [0.5, 0.6) is 5.88 Å². The van der Waals surface area contributed by atoms with Gasteiger partial charge in [-0.25, -0.2) is 0 Å². The fourth-order valence-electron chi connectivity index (χ4n) is 8.91. The second kappa shape index (κ2) is 16.9. The molecule has 0 saturated carbocycles. The number of fused-ring (bicyclic) bond motifs is 1. The number of likely N-dealkylation sites (tertiary alicyclic amines) is 1. The summed E-state index contributed by atoms with van der Waals surface area (Å²) in [7, 11) is 0. The molecule has 0 bridgehead atoms. The summed E-state index contributed by atoms with van der Waals surface area (Å²) in [5.74, 6) is -1.46. The van der Waals surface area contributed by atoms with Crippen molar-refractivity contribution in [3.63, 3.8) is 0 Å². The van der Waals surface area contributed by atoms with Crippen LogP contribution in [0.3, 0.4) is 0 Å². The molecule has 2 N–H and O–H groups in total. The third-order valence-electron chi connectivity index (χ3n) is 12.3. The second-order valence-corrected chi connectivity index (χ2v) is 16.1. The Balaban J connectivity index is 0.745. The largest absolute Gasteiger partial charge is 0.473 e. The van der Waals surface area contributed by atoms with Crippen LogP contribution in [0.1, 0.15) is 83.2 Å². The third-order valence-corrected chi connectivity index (χ3v) is 12.3. The van der Waals surface area contributed by atoms with Gasteiger partial charge < -0.3 is 24.8 Å². The highest BCUT2D eigenvalue weighted by atomic mass is 19.4. The number of hydrogen-bond acceptors (Lipinski definition) is 12. The average molecular weight is 828 g/mol. The zero-order valence-corrected chi connectivity index (χ0v) is 32.7. The Morgan fingerprint density at radius 2 is 1.48 bits per heavy atom. The molecule has 5 aliphatic heterocycles.